The number of anilines is 2. The highest BCUT2D eigenvalue weighted by Crippen LogP contribution is 2.28. The minimum absolute atomic E-state index is 0.160. The Bertz CT molecular complexity index is 1020. The van der Waals surface area contributed by atoms with E-state index in [4.69, 9.17) is 4.74 Å². The van der Waals surface area contributed by atoms with Crippen LogP contribution in [0.5, 0.6) is 0 Å². The third kappa shape index (κ3) is 3.89. The van der Waals surface area contributed by atoms with Crippen LogP contribution < -0.4 is 10.2 Å². The maximum atomic E-state index is 13.3. The third-order valence-corrected chi connectivity index (χ3v) is 5.26. The van der Waals surface area contributed by atoms with Crippen molar-refractivity contribution in [2.75, 3.05) is 36.5 Å². The average molecular weight is 393 g/mol. The number of para-hydroxylation sites is 2. The van der Waals surface area contributed by atoms with Gasteiger partial charge in [-0.15, -0.1) is 0 Å². The second-order valence-electron chi connectivity index (χ2n) is 7.17. The van der Waals surface area contributed by atoms with Crippen LogP contribution in [-0.2, 0) is 4.74 Å². The molecule has 1 saturated heterocycles. The van der Waals surface area contributed by atoms with Crippen LogP contribution in [0.15, 0.2) is 54.6 Å². The van der Waals surface area contributed by atoms with Crippen LogP contribution in [0.2, 0.25) is 0 Å². The molecule has 1 fully saturated rings. The first-order valence-corrected chi connectivity index (χ1v) is 9.72. The van der Waals surface area contributed by atoms with Crippen molar-refractivity contribution in [3.8, 4) is 5.69 Å². The molecule has 3 aromatic rings. The van der Waals surface area contributed by atoms with Gasteiger partial charge in [-0.3, -0.25) is 4.79 Å². The van der Waals surface area contributed by atoms with E-state index in [1.165, 1.54) is 12.1 Å². The average Bonchev–Trinajstić information content (AvgIpc) is 3.04. The molecular weight excluding hydrogens is 369 g/mol. The van der Waals surface area contributed by atoms with Gasteiger partial charge in [-0.2, -0.15) is 0 Å². The van der Waals surface area contributed by atoms with Gasteiger partial charge in [0.1, 0.15) is 5.82 Å². The Hall–Kier alpha value is -3.12. The van der Waals surface area contributed by atoms with Crippen LogP contribution in [-0.4, -0.2) is 36.8 Å². The fraction of sp³-hybridized carbons (Fsp3) is 0.261. The summed E-state index contributed by atoms with van der Waals surface area (Å²) in [6, 6.07) is 16.0. The third-order valence-electron chi connectivity index (χ3n) is 5.26. The molecule has 5 nitrogen and oxygen atoms in total. The summed E-state index contributed by atoms with van der Waals surface area (Å²) >= 11 is 0. The molecule has 1 aliphatic heterocycles. The smallest absolute Gasteiger partial charge is 0.257 e. The molecule has 2 aromatic carbocycles. The monoisotopic (exact) mass is 393 g/mol. The van der Waals surface area contributed by atoms with Gasteiger partial charge < -0.3 is 19.5 Å². The van der Waals surface area contributed by atoms with Crippen LogP contribution >= 0.6 is 0 Å². The van der Waals surface area contributed by atoms with Crippen LogP contribution in [0.1, 0.15) is 21.7 Å². The van der Waals surface area contributed by atoms with Gasteiger partial charge in [0.2, 0.25) is 0 Å². The molecule has 0 bridgehead atoms. The fourth-order valence-corrected chi connectivity index (χ4v) is 3.83. The molecule has 1 aromatic heterocycles. The minimum atomic E-state index is -0.283. The summed E-state index contributed by atoms with van der Waals surface area (Å²) in [5.41, 5.74) is 4.94. The van der Waals surface area contributed by atoms with Crippen molar-refractivity contribution in [2.24, 2.45) is 0 Å². The summed E-state index contributed by atoms with van der Waals surface area (Å²) in [6.07, 6.45) is 0. The van der Waals surface area contributed by atoms with E-state index in [1.54, 1.807) is 12.1 Å². The molecule has 0 saturated carbocycles. The number of benzene rings is 2. The van der Waals surface area contributed by atoms with E-state index in [9.17, 15) is 9.18 Å². The van der Waals surface area contributed by atoms with Gasteiger partial charge in [0.25, 0.3) is 5.91 Å². The van der Waals surface area contributed by atoms with Gasteiger partial charge in [-0.05, 0) is 56.3 Å². The second-order valence-corrected chi connectivity index (χ2v) is 7.17. The van der Waals surface area contributed by atoms with Gasteiger partial charge in [0.05, 0.1) is 30.2 Å². The van der Waals surface area contributed by atoms with E-state index in [0.29, 0.717) is 18.8 Å². The zero-order chi connectivity index (χ0) is 20.4. The number of nitrogens with zero attached hydrogens (tertiary/aromatic N) is 2. The van der Waals surface area contributed by atoms with Gasteiger partial charge in [-0.25, -0.2) is 4.39 Å². The molecule has 4 rings (SSSR count). The van der Waals surface area contributed by atoms with Crippen molar-refractivity contribution < 1.29 is 13.9 Å². The topological polar surface area (TPSA) is 46.5 Å². The van der Waals surface area contributed by atoms with E-state index < -0.39 is 0 Å². The lowest BCUT2D eigenvalue weighted by Gasteiger charge is -2.30. The van der Waals surface area contributed by atoms with Crippen molar-refractivity contribution >= 4 is 17.3 Å². The van der Waals surface area contributed by atoms with Crippen molar-refractivity contribution in [3.63, 3.8) is 0 Å². The first-order valence-electron chi connectivity index (χ1n) is 9.72. The van der Waals surface area contributed by atoms with Crippen molar-refractivity contribution in [2.45, 2.75) is 13.8 Å². The van der Waals surface area contributed by atoms with Crippen LogP contribution in [0, 0.1) is 19.7 Å². The Labute approximate surface area is 169 Å². The van der Waals surface area contributed by atoms with Crippen molar-refractivity contribution in [1.82, 2.24) is 4.57 Å². The predicted octanol–water partition coefficient (Wildman–Crippen LogP) is 4.32. The molecule has 1 amide bonds. The molecule has 1 N–H and O–H groups in total. The number of aromatic nitrogens is 1. The summed E-state index contributed by atoms with van der Waals surface area (Å²) < 4.78 is 20.7. The largest absolute Gasteiger partial charge is 0.378 e. The number of rotatable bonds is 4. The number of morpholine rings is 1. The van der Waals surface area contributed by atoms with E-state index in [-0.39, 0.29) is 11.7 Å². The predicted molar refractivity (Wildman–Crippen MR) is 113 cm³/mol. The number of hydrogen-bond donors (Lipinski definition) is 1. The molecule has 0 radical (unpaired) electrons. The highest BCUT2D eigenvalue weighted by molar-refractivity contribution is 6.07. The summed E-state index contributed by atoms with van der Waals surface area (Å²) in [6.45, 7) is 6.80. The van der Waals surface area contributed by atoms with Gasteiger partial charge in [-0.1, -0.05) is 12.1 Å². The molecule has 150 valence electrons. The number of aryl methyl sites for hydroxylation is 1. The quantitative estimate of drug-likeness (QED) is 0.718. The Kier molecular flexibility index (Phi) is 5.36. The van der Waals surface area contributed by atoms with E-state index in [2.05, 4.69) is 10.2 Å². The normalized spacial score (nSPS) is 14.1. The lowest BCUT2D eigenvalue weighted by molar-refractivity contribution is 0.102. The number of carbonyl (C=O) groups excluding carboxylic acids is 1. The Morgan fingerprint density at radius 3 is 2.45 bits per heavy atom. The number of ether oxygens (including phenoxy) is 1. The molecule has 6 heteroatoms. The fourth-order valence-electron chi connectivity index (χ4n) is 3.83. The highest BCUT2D eigenvalue weighted by Gasteiger charge is 2.20. The number of carbonyl (C=O) groups is 1. The van der Waals surface area contributed by atoms with Crippen LogP contribution in [0.3, 0.4) is 0 Å². The first-order chi connectivity index (χ1) is 14.0. The maximum Gasteiger partial charge on any atom is 0.257 e. The molecule has 29 heavy (non-hydrogen) atoms. The molecule has 0 unspecified atom stereocenters. The maximum absolute atomic E-state index is 13.3. The number of amides is 1. The summed E-state index contributed by atoms with van der Waals surface area (Å²) in [7, 11) is 0. The van der Waals surface area contributed by atoms with E-state index in [0.717, 1.165) is 41.5 Å². The van der Waals surface area contributed by atoms with Crippen LogP contribution in [0.4, 0.5) is 15.8 Å². The van der Waals surface area contributed by atoms with Crippen molar-refractivity contribution in [1.29, 1.82) is 0 Å². The number of halogens is 1. The molecule has 0 spiro atoms. The van der Waals surface area contributed by atoms with Gasteiger partial charge >= 0.3 is 0 Å². The standard InChI is InChI=1S/C23H24FN3O2/c1-16-15-20(17(2)27(16)19-9-7-18(24)8-10-19)23(28)25-21-5-3-4-6-22(21)26-11-13-29-14-12-26/h3-10,15H,11-14H2,1-2H3,(H,25,28). The lowest BCUT2D eigenvalue weighted by Crippen LogP contribution is -2.36. The molecular formula is C23H24FN3O2. The van der Waals surface area contributed by atoms with Gasteiger partial charge in [0, 0.05) is 30.2 Å². The Morgan fingerprint density at radius 2 is 1.72 bits per heavy atom. The molecule has 0 aliphatic carbocycles. The lowest BCUT2D eigenvalue weighted by atomic mass is 10.2. The molecule has 1 aliphatic rings. The highest BCUT2D eigenvalue weighted by atomic mass is 19.1. The van der Waals surface area contributed by atoms with E-state index in [1.807, 2.05) is 48.7 Å². The van der Waals surface area contributed by atoms with E-state index >= 15 is 0 Å². The number of nitrogens with one attached hydrogen (secondary N) is 1. The summed E-state index contributed by atoms with van der Waals surface area (Å²) in [4.78, 5) is 15.3. The first kappa shape index (κ1) is 19.2. The van der Waals surface area contributed by atoms with Crippen LogP contribution in [0.25, 0.3) is 5.69 Å². The molecule has 0 atom stereocenters. The zero-order valence-electron chi connectivity index (χ0n) is 16.6. The molecule has 2 heterocycles. The zero-order valence-corrected chi connectivity index (χ0v) is 16.6. The Morgan fingerprint density at radius 1 is 1.03 bits per heavy atom. The van der Waals surface area contributed by atoms with Gasteiger partial charge in [0.15, 0.2) is 0 Å². The Balaban J connectivity index is 1.62. The summed E-state index contributed by atoms with van der Waals surface area (Å²) in [5, 5.41) is 3.07. The van der Waals surface area contributed by atoms with Crippen molar-refractivity contribution in [3.05, 3.63) is 77.4 Å². The summed E-state index contributed by atoms with van der Waals surface area (Å²) in [5.74, 6) is -0.443. The second kappa shape index (κ2) is 8.09. The minimum Gasteiger partial charge on any atom is -0.378 e. The SMILES string of the molecule is Cc1cc(C(=O)Nc2ccccc2N2CCOCC2)c(C)n1-c1ccc(F)cc1. The number of hydrogen-bond acceptors (Lipinski definition) is 3.